The summed E-state index contributed by atoms with van der Waals surface area (Å²) in [4.78, 5) is 35.5. The second kappa shape index (κ2) is 7.56. The van der Waals surface area contributed by atoms with E-state index in [1.54, 1.807) is 4.57 Å². The van der Waals surface area contributed by atoms with Gasteiger partial charge in [-0.2, -0.15) is 0 Å². The molecule has 0 bridgehead atoms. The summed E-state index contributed by atoms with van der Waals surface area (Å²) in [5, 5.41) is 0.697. The van der Waals surface area contributed by atoms with E-state index in [9.17, 15) is 9.59 Å². The molecule has 2 N–H and O–H groups in total. The number of carbonyl (C=O) groups excluding carboxylic acids is 2. The Balaban J connectivity index is 2.03. The van der Waals surface area contributed by atoms with E-state index >= 15 is 0 Å². The minimum absolute atomic E-state index is 0.237. The van der Waals surface area contributed by atoms with Crippen LogP contribution in [0.1, 0.15) is 20.1 Å². The van der Waals surface area contributed by atoms with Crippen LogP contribution >= 0.6 is 0 Å². The molecule has 10 nitrogen and oxygen atoms in total. The molecule has 0 aliphatic carbocycles. The summed E-state index contributed by atoms with van der Waals surface area (Å²) in [6.45, 7) is 2.61. The summed E-state index contributed by atoms with van der Waals surface area (Å²) >= 11 is 0.266. The van der Waals surface area contributed by atoms with Crippen molar-refractivity contribution in [2.24, 2.45) is 0 Å². The van der Waals surface area contributed by atoms with Gasteiger partial charge in [-0.15, -0.1) is 0 Å². The van der Waals surface area contributed by atoms with Gasteiger partial charge in [-0.3, -0.25) is 0 Å². The maximum atomic E-state index is 11.6. The van der Waals surface area contributed by atoms with Gasteiger partial charge in [0, 0.05) is 0 Å². The number of imidazole rings is 1. The number of hydrogen-bond acceptors (Lipinski definition) is 9. The van der Waals surface area contributed by atoms with Crippen molar-refractivity contribution in [1.82, 2.24) is 19.5 Å². The Kier molecular flexibility index (Phi) is 5.40. The first-order valence-electron chi connectivity index (χ1n) is 7.84. The SMILES string of the molecule is C[Se]C[C@H]1O[C@@H](n2cnc3c(N)ncnc32)[C@H](OC(C)=O)[C@@H]1OC(C)=O. The molecular formula is C15H19N5O5Se. The number of ether oxygens (including phenoxy) is 3. The number of rotatable bonds is 5. The van der Waals surface area contributed by atoms with E-state index in [-0.39, 0.29) is 20.8 Å². The zero-order valence-corrected chi connectivity index (χ0v) is 16.2. The molecule has 1 aliphatic heterocycles. The third kappa shape index (κ3) is 3.50. The first-order valence-corrected chi connectivity index (χ1v) is 10.8. The van der Waals surface area contributed by atoms with E-state index in [4.69, 9.17) is 19.9 Å². The van der Waals surface area contributed by atoms with Crippen LogP contribution in [0.3, 0.4) is 0 Å². The Labute approximate surface area is 155 Å². The van der Waals surface area contributed by atoms with Crippen LogP contribution in [0.15, 0.2) is 12.7 Å². The molecule has 2 aromatic rings. The fourth-order valence-corrected chi connectivity index (χ4v) is 4.19. The quantitative estimate of drug-likeness (QED) is 0.529. The van der Waals surface area contributed by atoms with Crippen molar-refractivity contribution in [3.8, 4) is 0 Å². The van der Waals surface area contributed by atoms with Gasteiger partial charge in [0.25, 0.3) is 0 Å². The van der Waals surface area contributed by atoms with Gasteiger partial charge in [0.05, 0.1) is 0 Å². The van der Waals surface area contributed by atoms with Crippen LogP contribution in [-0.2, 0) is 23.8 Å². The van der Waals surface area contributed by atoms with Crippen molar-refractivity contribution < 1.29 is 23.8 Å². The molecule has 0 radical (unpaired) electrons. The number of carbonyl (C=O) groups is 2. The van der Waals surface area contributed by atoms with Crippen LogP contribution < -0.4 is 5.73 Å². The van der Waals surface area contributed by atoms with Crippen LogP contribution in [0.4, 0.5) is 5.82 Å². The molecule has 0 amide bonds. The van der Waals surface area contributed by atoms with Crippen molar-refractivity contribution in [1.29, 1.82) is 0 Å². The molecule has 0 unspecified atom stereocenters. The van der Waals surface area contributed by atoms with Gasteiger partial charge >= 0.3 is 155 Å². The first kappa shape index (κ1) is 18.6. The van der Waals surface area contributed by atoms with E-state index in [2.05, 4.69) is 20.8 Å². The molecule has 4 atom stereocenters. The van der Waals surface area contributed by atoms with Gasteiger partial charge in [-0.1, -0.05) is 0 Å². The van der Waals surface area contributed by atoms with E-state index in [0.717, 1.165) is 0 Å². The average Bonchev–Trinajstić information content (AvgIpc) is 3.12. The van der Waals surface area contributed by atoms with Crippen molar-refractivity contribution in [2.75, 3.05) is 5.73 Å². The second-order valence-corrected chi connectivity index (χ2v) is 7.66. The number of fused-ring (bicyclic) bond motifs is 1. The molecular weight excluding hydrogens is 409 g/mol. The van der Waals surface area contributed by atoms with Gasteiger partial charge in [0.1, 0.15) is 0 Å². The Morgan fingerprint density at radius 3 is 2.58 bits per heavy atom. The van der Waals surface area contributed by atoms with E-state index in [1.165, 1.54) is 26.5 Å². The number of nitrogens with zero attached hydrogens (tertiary/aromatic N) is 4. The molecule has 11 heteroatoms. The number of anilines is 1. The molecule has 1 fully saturated rings. The number of aromatic nitrogens is 4. The van der Waals surface area contributed by atoms with Crippen LogP contribution in [-0.4, -0.2) is 64.7 Å². The normalized spacial score (nSPS) is 25.3. The number of hydrogen-bond donors (Lipinski definition) is 1. The molecule has 1 aliphatic rings. The maximum absolute atomic E-state index is 11.6. The summed E-state index contributed by atoms with van der Waals surface area (Å²) in [5.41, 5.74) is 6.70. The van der Waals surface area contributed by atoms with Gasteiger partial charge < -0.3 is 0 Å². The summed E-state index contributed by atoms with van der Waals surface area (Å²) in [7, 11) is 0. The fourth-order valence-electron chi connectivity index (χ4n) is 2.94. The molecule has 1 saturated heterocycles. The zero-order chi connectivity index (χ0) is 18.8. The number of esters is 2. The molecule has 140 valence electrons. The van der Waals surface area contributed by atoms with Crippen LogP contribution in [0.2, 0.25) is 11.1 Å². The molecule has 26 heavy (non-hydrogen) atoms. The van der Waals surface area contributed by atoms with E-state index in [1.807, 2.05) is 0 Å². The van der Waals surface area contributed by atoms with Crippen molar-refractivity contribution in [3.63, 3.8) is 0 Å². The first-order chi connectivity index (χ1) is 12.4. The van der Waals surface area contributed by atoms with E-state index < -0.39 is 36.5 Å². The molecule has 0 spiro atoms. The van der Waals surface area contributed by atoms with Crippen molar-refractivity contribution >= 4 is 43.9 Å². The third-order valence-corrected chi connectivity index (χ3v) is 5.27. The Morgan fingerprint density at radius 1 is 1.23 bits per heavy atom. The number of nitrogens with two attached hydrogens (primary N) is 1. The summed E-state index contributed by atoms with van der Waals surface area (Å²) < 4.78 is 18.6. The van der Waals surface area contributed by atoms with Crippen LogP contribution in [0.25, 0.3) is 11.2 Å². The Morgan fingerprint density at radius 2 is 1.92 bits per heavy atom. The molecule has 3 rings (SSSR count). The van der Waals surface area contributed by atoms with Gasteiger partial charge in [-0.05, 0) is 0 Å². The monoisotopic (exact) mass is 429 g/mol. The fraction of sp³-hybridized carbons (Fsp3) is 0.533. The second-order valence-electron chi connectivity index (χ2n) is 5.75. The summed E-state index contributed by atoms with van der Waals surface area (Å²) in [5.74, 6) is 1.32. The standard InChI is InChI=1S/C15H19N5O5Se/c1-7(21)23-11-9(4-26-3)25-15(12(11)24-8(2)22)20-6-19-10-13(16)17-5-18-14(10)20/h5-6,9,11-12,15H,4H2,1-3H3,(H2,16,17,18)/t9-,11-,12-,15-/m1/s1. The molecule has 3 heterocycles. The van der Waals surface area contributed by atoms with Gasteiger partial charge in [0.2, 0.25) is 0 Å². The predicted molar refractivity (Wildman–Crippen MR) is 91.2 cm³/mol. The van der Waals surface area contributed by atoms with Crippen molar-refractivity contribution in [3.05, 3.63) is 12.7 Å². The van der Waals surface area contributed by atoms with Crippen LogP contribution in [0.5, 0.6) is 0 Å². The Hall–Kier alpha value is -2.23. The molecule has 2 aromatic heterocycles. The van der Waals surface area contributed by atoms with Gasteiger partial charge in [-0.25, -0.2) is 0 Å². The topological polar surface area (TPSA) is 131 Å². The minimum atomic E-state index is -0.822. The summed E-state index contributed by atoms with van der Waals surface area (Å²) in [6.07, 6.45) is 0.158. The van der Waals surface area contributed by atoms with Gasteiger partial charge in [0.15, 0.2) is 0 Å². The molecule has 0 saturated carbocycles. The summed E-state index contributed by atoms with van der Waals surface area (Å²) in [6, 6.07) is 0. The van der Waals surface area contributed by atoms with Crippen LogP contribution in [0, 0.1) is 0 Å². The third-order valence-electron chi connectivity index (χ3n) is 3.88. The average molecular weight is 428 g/mol. The predicted octanol–water partition coefficient (Wildman–Crippen LogP) is 0.340. The van der Waals surface area contributed by atoms with E-state index in [0.29, 0.717) is 16.5 Å². The zero-order valence-electron chi connectivity index (χ0n) is 14.5. The Bertz CT molecular complexity index is 828. The molecule has 0 aromatic carbocycles. The van der Waals surface area contributed by atoms with Crippen molar-refractivity contribution in [2.45, 2.75) is 49.5 Å². The number of nitrogen functional groups attached to an aromatic ring is 1.